The average Bonchev–Trinajstić information content (AvgIpc) is 3.02. The maximum Gasteiger partial charge on any atom is 0.408 e. The van der Waals surface area contributed by atoms with Crippen molar-refractivity contribution in [3.05, 3.63) is 83.9 Å². The molecule has 44 heavy (non-hydrogen) atoms. The number of hydrogen-bond acceptors (Lipinski definition) is 6. The smallest absolute Gasteiger partial charge is 0.408 e. The number of amides is 4. The van der Waals surface area contributed by atoms with Crippen LogP contribution in [0.2, 0.25) is 0 Å². The van der Waals surface area contributed by atoms with Gasteiger partial charge in [-0.15, -0.1) is 0 Å². The Labute approximate surface area is 258 Å². The number of nitrogens with zero attached hydrogens (tertiary/aromatic N) is 2. The maximum atomic E-state index is 13.6. The topological polar surface area (TPSA) is 117 Å². The third kappa shape index (κ3) is 9.45. The highest BCUT2D eigenvalue weighted by atomic mass is 16.6. The molecule has 2 N–H and O–H groups in total. The predicted octanol–water partition coefficient (Wildman–Crippen LogP) is 5.11. The molecule has 0 aliphatic carbocycles. The molecule has 234 valence electrons. The number of benzene rings is 3. The molecule has 0 unspecified atom stereocenters. The van der Waals surface area contributed by atoms with Crippen LogP contribution in [0.25, 0.3) is 10.8 Å². The van der Waals surface area contributed by atoms with E-state index >= 15 is 0 Å². The van der Waals surface area contributed by atoms with E-state index in [0.29, 0.717) is 57.5 Å². The molecule has 4 amide bonds. The Hall–Kier alpha value is -4.60. The van der Waals surface area contributed by atoms with E-state index < -0.39 is 23.8 Å². The molecule has 1 saturated heterocycles. The lowest BCUT2D eigenvalue weighted by molar-refractivity contribution is -0.135. The van der Waals surface area contributed by atoms with Gasteiger partial charge < -0.3 is 29.9 Å². The van der Waals surface area contributed by atoms with E-state index in [-0.39, 0.29) is 18.4 Å². The van der Waals surface area contributed by atoms with Gasteiger partial charge in [-0.05, 0) is 62.4 Å². The molecular weight excluding hydrogens is 560 g/mol. The van der Waals surface area contributed by atoms with Crippen molar-refractivity contribution in [3.63, 3.8) is 0 Å². The number of unbranched alkanes of at least 4 members (excludes halogenated alkanes) is 1. The second kappa shape index (κ2) is 15.2. The van der Waals surface area contributed by atoms with Crippen molar-refractivity contribution in [3.8, 4) is 0 Å². The van der Waals surface area contributed by atoms with Gasteiger partial charge in [-0.25, -0.2) is 9.59 Å². The lowest BCUT2D eigenvalue weighted by Crippen LogP contribution is -2.56. The predicted molar refractivity (Wildman–Crippen MR) is 168 cm³/mol. The van der Waals surface area contributed by atoms with Gasteiger partial charge in [0.15, 0.2) is 0 Å². The van der Waals surface area contributed by atoms with Gasteiger partial charge in [0, 0.05) is 38.3 Å². The van der Waals surface area contributed by atoms with E-state index in [0.717, 1.165) is 16.3 Å². The molecule has 0 radical (unpaired) electrons. The summed E-state index contributed by atoms with van der Waals surface area (Å²) in [6, 6.07) is 22.1. The molecular formula is C34H42N4O6. The van der Waals surface area contributed by atoms with Gasteiger partial charge in [0.2, 0.25) is 5.91 Å². The first kappa shape index (κ1) is 32.3. The van der Waals surface area contributed by atoms with Gasteiger partial charge in [0.25, 0.3) is 5.91 Å². The highest BCUT2D eigenvalue weighted by Gasteiger charge is 2.31. The molecule has 1 heterocycles. The van der Waals surface area contributed by atoms with E-state index in [1.54, 1.807) is 30.6 Å². The normalized spacial score (nSPS) is 14.1. The summed E-state index contributed by atoms with van der Waals surface area (Å²) in [6.45, 7) is 7.34. The Balaban J connectivity index is 1.28. The average molecular weight is 603 g/mol. The van der Waals surface area contributed by atoms with Crippen molar-refractivity contribution < 1.29 is 28.7 Å². The zero-order valence-corrected chi connectivity index (χ0v) is 25.7. The molecule has 1 aliphatic heterocycles. The summed E-state index contributed by atoms with van der Waals surface area (Å²) < 4.78 is 10.6. The monoisotopic (exact) mass is 602 g/mol. The number of ether oxygens (including phenoxy) is 2. The quantitative estimate of drug-likeness (QED) is 0.312. The first-order valence-corrected chi connectivity index (χ1v) is 15.1. The summed E-state index contributed by atoms with van der Waals surface area (Å²) in [5.41, 5.74) is 0.829. The summed E-state index contributed by atoms with van der Waals surface area (Å²) in [7, 11) is 0. The molecule has 0 aromatic heterocycles. The fourth-order valence-electron chi connectivity index (χ4n) is 5.08. The van der Waals surface area contributed by atoms with Crippen LogP contribution >= 0.6 is 0 Å². The fourth-order valence-corrected chi connectivity index (χ4v) is 5.08. The molecule has 0 bridgehead atoms. The second-order valence-electron chi connectivity index (χ2n) is 11.8. The number of alkyl carbamates (subject to hydrolysis) is 2. The lowest BCUT2D eigenvalue weighted by atomic mass is 10.0. The summed E-state index contributed by atoms with van der Waals surface area (Å²) in [4.78, 5) is 55.0. The molecule has 4 rings (SSSR count). The van der Waals surface area contributed by atoms with Gasteiger partial charge in [0.1, 0.15) is 18.2 Å². The fraction of sp³-hybridized carbons (Fsp3) is 0.412. The van der Waals surface area contributed by atoms with E-state index in [1.165, 1.54) is 0 Å². The van der Waals surface area contributed by atoms with Crippen LogP contribution in [0, 0.1) is 0 Å². The van der Waals surface area contributed by atoms with Crippen molar-refractivity contribution in [2.75, 3.05) is 32.7 Å². The minimum atomic E-state index is -0.796. The molecule has 1 fully saturated rings. The Morgan fingerprint density at radius 2 is 1.45 bits per heavy atom. The van der Waals surface area contributed by atoms with Crippen molar-refractivity contribution >= 4 is 34.8 Å². The second-order valence-corrected chi connectivity index (χ2v) is 11.8. The van der Waals surface area contributed by atoms with Crippen LogP contribution in [-0.2, 0) is 20.9 Å². The van der Waals surface area contributed by atoms with E-state index in [1.807, 2.05) is 72.8 Å². The molecule has 10 nitrogen and oxygen atoms in total. The minimum absolute atomic E-state index is 0.0628. The first-order chi connectivity index (χ1) is 21.1. The zero-order valence-electron chi connectivity index (χ0n) is 25.7. The van der Waals surface area contributed by atoms with Crippen LogP contribution in [0.3, 0.4) is 0 Å². The number of hydrogen-bond donors (Lipinski definition) is 2. The third-order valence-electron chi connectivity index (χ3n) is 7.29. The summed E-state index contributed by atoms with van der Waals surface area (Å²) in [6.07, 6.45) is 0.360. The van der Waals surface area contributed by atoms with Crippen molar-refractivity contribution in [2.24, 2.45) is 0 Å². The number of rotatable bonds is 10. The summed E-state index contributed by atoms with van der Waals surface area (Å²) >= 11 is 0. The van der Waals surface area contributed by atoms with E-state index in [4.69, 9.17) is 9.47 Å². The third-order valence-corrected chi connectivity index (χ3v) is 7.29. The number of nitrogens with one attached hydrogen (secondary N) is 2. The number of carbonyl (C=O) groups is 4. The van der Waals surface area contributed by atoms with Gasteiger partial charge >= 0.3 is 12.2 Å². The molecule has 3 aromatic rings. The summed E-state index contributed by atoms with van der Waals surface area (Å²) in [5.74, 6) is -0.282. The number of piperazine rings is 1. The standard InChI is InChI=1S/C34H42N4O6/c1-34(2,3)44-33(42)36-29(18-9-10-19-35-32(41)43-24-25-12-5-4-6-13-25)31(40)38-22-20-37(21-23-38)30(39)28-17-11-15-26-14-7-8-16-27(26)28/h4-8,11-17,29H,9-10,18-24H2,1-3H3,(H,35,41)(H,36,42)/t29-/m0/s1. The molecule has 1 aliphatic rings. The van der Waals surface area contributed by atoms with Crippen molar-refractivity contribution in [2.45, 2.75) is 58.3 Å². The van der Waals surface area contributed by atoms with Crippen LogP contribution in [0.1, 0.15) is 56.0 Å². The Bertz CT molecular complexity index is 1430. The van der Waals surface area contributed by atoms with Crippen molar-refractivity contribution in [1.82, 2.24) is 20.4 Å². The van der Waals surface area contributed by atoms with Crippen LogP contribution in [-0.4, -0.2) is 78.2 Å². The Morgan fingerprint density at radius 3 is 2.18 bits per heavy atom. The van der Waals surface area contributed by atoms with Gasteiger partial charge in [-0.2, -0.15) is 0 Å². The maximum absolute atomic E-state index is 13.6. The largest absolute Gasteiger partial charge is 0.445 e. The van der Waals surface area contributed by atoms with E-state index in [2.05, 4.69) is 10.6 Å². The Kier molecular flexibility index (Phi) is 11.2. The summed E-state index contributed by atoms with van der Waals surface area (Å²) in [5, 5.41) is 7.37. The lowest BCUT2D eigenvalue weighted by Gasteiger charge is -2.37. The zero-order chi connectivity index (χ0) is 31.5. The van der Waals surface area contributed by atoms with Crippen LogP contribution in [0.4, 0.5) is 9.59 Å². The highest BCUT2D eigenvalue weighted by Crippen LogP contribution is 2.21. The Morgan fingerprint density at radius 1 is 0.795 bits per heavy atom. The van der Waals surface area contributed by atoms with Gasteiger partial charge in [-0.3, -0.25) is 9.59 Å². The van der Waals surface area contributed by atoms with Crippen molar-refractivity contribution in [1.29, 1.82) is 0 Å². The first-order valence-electron chi connectivity index (χ1n) is 15.1. The molecule has 10 heteroatoms. The molecule has 3 aromatic carbocycles. The van der Waals surface area contributed by atoms with E-state index in [9.17, 15) is 19.2 Å². The SMILES string of the molecule is CC(C)(C)OC(=O)N[C@@H](CCCCNC(=O)OCc1ccccc1)C(=O)N1CCN(C(=O)c2cccc3ccccc23)CC1. The van der Waals surface area contributed by atoms with Crippen LogP contribution in [0.15, 0.2) is 72.8 Å². The van der Waals surface area contributed by atoms with Crippen LogP contribution < -0.4 is 10.6 Å². The minimum Gasteiger partial charge on any atom is -0.445 e. The molecule has 0 saturated carbocycles. The number of carbonyl (C=O) groups excluding carboxylic acids is 4. The van der Waals surface area contributed by atoms with Gasteiger partial charge in [0.05, 0.1) is 0 Å². The molecule has 1 atom stereocenters. The van der Waals surface area contributed by atoms with Gasteiger partial charge in [-0.1, -0.05) is 66.7 Å². The van der Waals surface area contributed by atoms with Crippen LogP contribution in [0.5, 0.6) is 0 Å². The molecule has 0 spiro atoms. The highest BCUT2D eigenvalue weighted by molar-refractivity contribution is 6.07. The number of fused-ring (bicyclic) bond motifs is 1.